The van der Waals surface area contributed by atoms with Crippen LogP contribution in [-0.4, -0.2) is 73.9 Å². The lowest BCUT2D eigenvalue weighted by molar-refractivity contribution is -0.126. The quantitative estimate of drug-likeness (QED) is 0.304. The highest BCUT2D eigenvalue weighted by Crippen LogP contribution is 2.50. The van der Waals surface area contributed by atoms with Crippen LogP contribution < -0.4 is 20.3 Å². The Bertz CT molecular complexity index is 1470. The number of carbonyl (C=O) groups excluding carboxylic acids is 1. The van der Waals surface area contributed by atoms with Gasteiger partial charge in [0, 0.05) is 43.3 Å². The Morgan fingerprint density at radius 1 is 1.20 bits per heavy atom. The van der Waals surface area contributed by atoms with E-state index in [0.717, 1.165) is 49.9 Å². The van der Waals surface area contributed by atoms with Gasteiger partial charge in [0.2, 0.25) is 10.0 Å². The van der Waals surface area contributed by atoms with Crippen molar-refractivity contribution >= 4 is 49.1 Å². The summed E-state index contributed by atoms with van der Waals surface area (Å²) in [6, 6.07) is 5.27. The first-order valence-corrected chi connectivity index (χ1v) is 15.6. The molecule has 1 aliphatic carbocycles. The molecule has 0 atom stereocenters. The molecule has 3 aromatic heterocycles. The molecule has 3 N–H and O–H groups in total. The largest absolute Gasteiger partial charge is 0.393 e. The maximum Gasteiger partial charge on any atom is 0.393 e. The molecule has 15 heteroatoms. The van der Waals surface area contributed by atoms with Gasteiger partial charge >= 0.3 is 6.18 Å². The molecule has 0 radical (unpaired) electrons. The number of hydrogen-bond acceptors (Lipinski definition) is 9. The summed E-state index contributed by atoms with van der Waals surface area (Å²) in [7, 11) is -3.24. The van der Waals surface area contributed by atoms with Crippen molar-refractivity contribution in [2.45, 2.75) is 44.3 Å². The molecule has 3 aromatic rings. The molecule has 5 rings (SSSR count). The van der Waals surface area contributed by atoms with Crippen LogP contribution in [0.1, 0.15) is 40.9 Å². The van der Waals surface area contributed by atoms with Gasteiger partial charge in [-0.1, -0.05) is 0 Å². The number of thiophene rings is 1. The van der Waals surface area contributed by atoms with Gasteiger partial charge < -0.3 is 15.5 Å². The van der Waals surface area contributed by atoms with E-state index in [1.165, 1.54) is 12.5 Å². The molecule has 1 aliphatic heterocycles. The van der Waals surface area contributed by atoms with Gasteiger partial charge in [-0.15, -0.1) is 11.3 Å². The van der Waals surface area contributed by atoms with E-state index < -0.39 is 22.6 Å². The van der Waals surface area contributed by atoms with Crippen molar-refractivity contribution < 1.29 is 26.4 Å². The van der Waals surface area contributed by atoms with Crippen molar-refractivity contribution in [3.8, 4) is 0 Å². The zero-order valence-corrected chi connectivity index (χ0v) is 23.4. The normalized spacial score (nSPS) is 21.1. The highest BCUT2D eigenvalue weighted by atomic mass is 32.2. The van der Waals surface area contributed by atoms with E-state index in [1.807, 2.05) is 0 Å². The molecule has 0 bridgehead atoms. The molecular weight excluding hydrogens is 567 g/mol. The number of sulfonamides is 1. The van der Waals surface area contributed by atoms with E-state index in [1.54, 1.807) is 18.2 Å². The number of pyridine rings is 1. The lowest BCUT2D eigenvalue weighted by atomic mass is 9.65. The standard InChI is InChI=1S/C25H30F3N7O3S2/c1-40(37,38)33-7-2-6-29-22(36)16-3-4-20(30-13-16)34-17-10-24(11-17)5-8-35(14-24)21-19-9-18(12-25(26,27)28)39-23(19)32-15-31-21/h3-4,9,13,15,17,33H,2,5-8,10-12,14H2,1H3,(H,29,36)(H,30,34). The first-order chi connectivity index (χ1) is 18.9. The van der Waals surface area contributed by atoms with Gasteiger partial charge in [0.1, 0.15) is 22.8 Å². The Morgan fingerprint density at radius 2 is 2.00 bits per heavy atom. The number of carbonyl (C=O) groups is 1. The molecule has 0 unspecified atom stereocenters. The first kappa shape index (κ1) is 28.5. The van der Waals surface area contributed by atoms with Gasteiger partial charge in [-0.3, -0.25) is 4.79 Å². The molecule has 1 saturated heterocycles. The van der Waals surface area contributed by atoms with Crippen LogP contribution in [0, 0.1) is 5.41 Å². The van der Waals surface area contributed by atoms with Crippen LogP contribution in [0.5, 0.6) is 0 Å². The molecule has 1 spiro atoms. The third-order valence-electron chi connectivity index (χ3n) is 7.21. The fraction of sp³-hybridized carbons (Fsp3) is 0.520. The Kier molecular flexibility index (Phi) is 7.90. The molecule has 1 amide bonds. The average Bonchev–Trinajstić information content (AvgIpc) is 3.46. The maximum absolute atomic E-state index is 12.9. The highest BCUT2D eigenvalue weighted by molar-refractivity contribution is 7.88. The average molecular weight is 598 g/mol. The third kappa shape index (κ3) is 6.99. The highest BCUT2D eigenvalue weighted by Gasteiger charge is 2.49. The minimum atomic E-state index is -4.26. The van der Waals surface area contributed by atoms with Gasteiger partial charge in [0.25, 0.3) is 5.91 Å². The number of alkyl halides is 3. The molecule has 2 aliphatic rings. The van der Waals surface area contributed by atoms with Crippen molar-refractivity contribution in [1.82, 2.24) is 25.0 Å². The van der Waals surface area contributed by atoms with Crippen LogP contribution in [0.3, 0.4) is 0 Å². The number of halogens is 3. The summed E-state index contributed by atoms with van der Waals surface area (Å²) in [6.07, 6.45) is 2.11. The monoisotopic (exact) mass is 597 g/mol. The van der Waals surface area contributed by atoms with Crippen LogP contribution >= 0.6 is 11.3 Å². The van der Waals surface area contributed by atoms with E-state index in [4.69, 9.17) is 0 Å². The SMILES string of the molecule is CS(=O)(=O)NCCCNC(=O)c1ccc(NC2CC3(CCN(c4ncnc5sc(CC(F)(F)F)cc45)C3)C2)nc1. The summed E-state index contributed by atoms with van der Waals surface area (Å²) in [5, 5.41) is 6.84. The van der Waals surface area contributed by atoms with E-state index in [2.05, 4.69) is 35.2 Å². The van der Waals surface area contributed by atoms with Crippen LogP contribution in [0.25, 0.3) is 10.2 Å². The van der Waals surface area contributed by atoms with Crippen LogP contribution in [0.15, 0.2) is 30.7 Å². The Labute approximate surface area is 233 Å². The summed E-state index contributed by atoms with van der Waals surface area (Å²) in [5.41, 5.74) is 0.534. The topological polar surface area (TPSA) is 129 Å². The summed E-state index contributed by atoms with van der Waals surface area (Å²) in [4.78, 5) is 28.2. The van der Waals surface area contributed by atoms with Crippen LogP contribution in [0.2, 0.25) is 0 Å². The van der Waals surface area contributed by atoms with Gasteiger partial charge in [0.15, 0.2) is 0 Å². The smallest absolute Gasteiger partial charge is 0.367 e. The van der Waals surface area contributed by atoms with Crippen LogP contribution in [0.4, 0.5) is 24.8 Å². The van der Waals surface area contributed by atoms with E-state index in [9.17, 15) is 26.4 Å². The third-order valence-corrected chi connectivity index (χ3v) is 8.98. The zero-order valence-electron chi connectivity index (χ0n) is 21.8. The molecular formula is C25H30F3N7O3S2. The number of nitrogens with one attached hydrogen (secondary N) is 3. The van der Waals surface area contributed by atoms with Crippen molar-refractivity contribution in [2.24, 2.45) is 5.41 Å². The van der Waals surface area contributed by atoms with Crippen molar-refractivity contribution in [3.05, 3.63) is 41.2 Å². The Morgan fingerprint density at radius 3 is 2.70 bits per heavy atom. The molecule has 2 fully saturated rings. The minimum absolute atomic E-state index is 0.117. The molecule has 1 saturated carbocycles. The summed E-state index contributed by atoms with van der Waals surface area (Å²) in [6.45, 7) is 2.16. The predicted molar refractivity (Wildman–Crippen MR) is 147 cm³/mol. The first-order valence-electron chi connectivity index (χ1n) is 12.9. The van der Waals surface area contributed by atoms with E-state index in [0.29, 0.717) is 40.4 Å². The van der Waals surface area contributed by atoms with Gasteiger partial charge in [-0.05, 0) is 49.3 Å². The number of amides is 1. The summed E-state index contributed by atoms with van der Waals surface area (Å²) < 4.78 is 63.2. The second-order valence-electron chi connectivity index (χ2n) is 10.5. The summed E-state index contributed by atoms with van der Waals surface area (Å²) in [5.74, 6) is 1.10. The second-order valence-corrected chi connectivity index (χ2v) is 13.5. The molecule has 40 heavy (non-hydrogen) atoms. The van der Waals surface area contributed by atoms with E-state index >= 15 is 0 Å². The number of hydrogen-bond donors (Lipinski definition) is 3. The van der Waals surface area contributed by atoms with Crippen molar-refractivity contribution in [1.29, 1.82) is 0 Å². The maximum atomic E-state index is 12.9. The van der Waals surface area contributed by atoms with Crippen molar-refractivity contribution in [2.75, 3.05) is 42.7 Å². The van der Waals surface area contributed by atoms with Gasteiger partial charge in [0.05, 0.1) is 23.6 Å². The second kappa shape index (κ2) is 11.1. The zero-order chi connectivity index (χ0) is 28.5. The van der Waals surface area contributed by atoms with Gasteiger partial charge in [-0.25, -0.2) is 28.1 Å². The molecule has 216 valence electrons. The predicted octanol–water partition coefficient (Wildman–Crippen LogP) is 3.33. The molecule has 0 aromatic carbocycles. The number of nitrogens with zero attached hydrogens (tertiary/aromatic N) is 4. The number of aromatic nitrogens is 3. The van der Waals surface area contributed by atoms with Crippen molar-refractivity contribution in [3.63, 3.8) is 0 Å². The van der Waals surface area contributed by atoms with E-state index in [-0.39, 0.29) is 28.8 Å². The Balaban J connectivity index is 1.10. The van der Waals surface area contributed by atoms with Gasteiger partial charge in [-0.2, -0.15) is 13.2 Å². The summed E-state index contributed by atoms with van der Waals surface area (Å²) >= 11 is 1.07. The van der Waals surface area contributed by atoms with Crippen LogP contribution in [-0.2, 0) is 16.4 Å². The lowest BCUT2D eigenvalue weighted by Gasteiger charge is -2.45. The molecule has 4 heterocycles. The Hall–Kier alpha value is -3.04. The molecule has 10 nitrogen and oxygen atoms in total. The fourth-order valence-electron chi connectivity index (χ4n) is 5.44. The fourth-order valence-corrected chi connectivity index (χ4v) is 6.98. The lowest BCUT2D eigenvalue weighted by Crippen LogP contribution is -2.47. The minimum Gasteiger partial charge on any atom is -0.367 e. The number of fused-ring (bicyclic) bond motifs is 1. The number of rotatable bonds is 10. The number of anilines is 2.